The van der Waals surface area contributed by atoms with Crippen molar-refractivity contribution < 1.29 is 4.92 Å². The number of thiazole rings is 2. The first kappa shape index (κ1) is 13.9. The van der Waals surface area contributed by atoms with Crippen molar-refractivity contribution in [2.45, 2.75) is 13.3 Å². The molecular weight excluding hydrogens is 308 g/mol. The van der Waals surface area contributed by atoms with Gasteiger partial charge in [0.25, 0.3) is 5.69 Å². The molecule has 1 N–H and O–H groups in total. The number of aromatic nitrogens is 2. The number of nitrogens with zero attached hydrogens (tertiary/aromatic N) is 3. The third kappa shape index (κ3) is 3.01. The molecule has 0 amide bonds. The van der Waals surface area contributed by atoms with E-state index in [1.54, 1.807) is 29.7 Å². The Labute approximate surface area is 128 Å². The van der Waals surface area contributed by atoms with Crippen LogP contribution in [0.1, 0.15) is 10.0 Å². The molecule has 0 spiro atoms. The second-order valence-electron chi connectivity index (χ2n) is 4.43. The Balaban J connectivity index is 1.84. The van der Waals surface area contributed by atoms with Crippen molar-refractivity contribution in [3.05, 3.63) is 43.8 Å². The quantitative estimate of drug-likeness (QED) is 0.573. The fourth-order valence-electron chi connectivity index (χ4n) is 2.05. The maximum absolute atomic E-state index is 11.2. The van der Waals surface area contributed by atoms with Gasteiger partial charge in [-0.3, -0.25) is 10.1 Å². The molecule has 0 bridgehead atoms. The monoisotopic (exact) mass is 320 g/mol. The van der Waals surface area contributed by atoms with Crippen LogP contribution in [0.3, 0.4) is 0 Å². The van der Waals surface area contributed by atoms with Gasteiger partial charge in [0.15, 0.2) is 0 Å². The van der Waals surface area contributed by atoms with Crippen LogP contribution < -0.4 is 5.32 Å². The highest BCUT2D eigenvalue weighted by Gasteiger charge is 2.16. The Morgan fingerprint density at radius 3 is 3.00 bits per heavy atom. The fourth-order valence-corrected chi connectivity index (χ4v) is 3.51. The number of hydrogen-bond acceptors (Lipinski definition) is 7. The molecule has 0 aliphatic rings. The summed E-state index contributed by atoms with van der Waals surface area (Å²) in [6.45, 7) is 2.50. The second kappa shape index (κ2) is 5.74. The van der Waals surface area contributed by atoms with Crippen LogP contribution in [0.2, 0.25) is 0 Å². The summed E-state index contributed by atoms with van der Waals surface area (Å²) in [4.78, 5) is 19.4. The molecule has 8 heteroatoms. The zero-order valence-electron chi connectivity index (χ0n) is 11.2. The first-order valence-electron chi connectivity index (χ1n) is 6.31. The van der Waals surface area contributed by atoms with Gasteiger partial charge in [0.05, 0.1) is 25.2 Å². The number of aryl methyl sites for hydroxylation is 1. The summed E-state index contributed by atoms with van der Waals surface area (Å²) < 4.78 is 0.838. The first-order chi connectivity index (χ1) is 10.1. The number of hydrogen-bond donors (Lipinski definition) is 1. The third-order valence-electron chi connectivity index (χ3n) is 2.95. The number of fused-ring (bicyclic) bond motifs is 1. The molecule has 0 saturated carbocycles. The number of anilines is 1. The van der Waals surface area contributed by atoms with Crippen LogP contribution in [-0.2, 0) is 6.42 Å². The summed E-state index contributed by atoms with van der Waals surface area (Å²) in [5, 5.41) is 18.2. The molecule has 21 heavy (non-hydrogen) atoms. The molecule has 0 atom stereocenters. The van der Waals surface area contributed by atoms with E-state index in [-0.39, 0.29) is 10.6 Å². The zero-order valence-corrected chi connectivity index (χ0v) is 12.8. The summed E-state index contributed by atoms with van der Waals surface area (Å²) in [7, 11) is 0. The minimum atomic E-state index is -0.361. The van der Waals surface area contributed by atoms with Crippen molar-refractivity contribution in [2.24, 2.45) is 0 Å². The van der Waals surface area contributed by atoms with Gasteiger partial charge in [-0.15, -0.1) is 22.7 Å². The van der Waals surface area contributed by atoms with Crippen LogP contribution in [0.25, 0.3) is 10.2 Å². The van der Waals surface area contributed by atoms with Gasteiger partial charge in [-0.05, 0) is 13.0 Å². The molecule has 108 valence electrons. The molecule has 3 rings (SSSR count). The minimum Gasteiger partial charge on any atom is -0.379 e. The van der Waals surface area contributed by atoms with E-state index in [1.807, 2.05) is 12.3 Å². The lowest BCUT2D eigenvalue weighted by atomic mass is 10.2. The van der Waals surface area contributed by atoms with Gasteiger partial charge in [-0.25, -0.2) is 9.97 Å². The summed E-state index contributed by atoms with van der Waals surface area (Å²) in [6.07, 6.45) is 2.50. The maximum atomic E-state index is 11.2. The summed E-state index contributed by atoms with van der Waals surface area (Å²) in [5.41, 5.74) is 1.39. The van der Waals surface area contributed by atoms with E-state index < -0.39 is 0 Å². The predicted octanol–water partition coefficient (Wildman–Crippen LogP) is 3.62. The molecular formula is C13H12N4O2S2. The van der Waals surface area contributed by atoms with Crippen molar-refractivity contribution in [2.75, 3.05) is 11.9 Å². The second-order valence-corrected chi connectivity index (χ2v) is 6.64. The van der Waals surface area contributed by atoms with E-state index in [4.69, 9.17) is 0 Å². The summed E-state index contributed by atoms with van der Waals surface area (Å²) in [6, 6.07) is 3.34. The number of nitrogens with one attached hydrogen (secondary N) is 1. The van der Waals surface area contributed by atoms with Crippen molar-refractivity contribution in [1.29, 1.82) is 0 Å². The highest BCUT2D eigenvalue weighted by atomic mass is 32.1. The normalized spacial score (nSPS) is 10.9. The Morgan fingerprint density at radius 1 is 1.43 bits per heavy atom. The molecule has 6 nitrogen and oxygen atoms in total. The molecule has 3 aromatic rings. The van der Waals surface area contributed by atoms with Crippen LogP contribution in [0.4, 0.5) is 11.4 Å². The zero-order chi connectivity index (χ0) is 14.8. The minimum absolute atomic E-state index is 0.0882. The van der Waals surface area contributed by atoms with Crippen LogP contribution in [0.15, 0.2) is 23.7 Å². The van der Waals surface area contributed by atoms with E-state index in [1.165, 1.54) is 11.3 Å². The molecule has 0 fully saturated rings. The number of nitro groups is 1. The molecule has 2 aromatic heterocycles. The van der Waals surface area contributed by atoms with Crippen LogP contribution in [-0.4, -0.2) is 21.4 Å². The molecule has 0 radical (unpaired) electrons. The largest absolute Gasteiger partial charge is 0.379 e. The van der Waals surface area contributed by atoms with E-state index in [0.29, 0.717) is 12.2 Å². The Kier molecular flexibility index (Phi) is 3.80. The highest BCUT2D eigenvalue weighted by molar-refractivity contribution is 7.18. The average Bonchev–Trinajstić information content (AvgIpc) is 3.05. The Morgan fingerprint density at radius 2 is 2.29 bits per heavy atom. The van der Waals surface area contributed by atoms with Crippen molar-refractivity contribution in [3.63, 3.8) is 0 Å². The molecule has 0 aliphatic heterocycles. The number of nitro benzene ring substituents is 1. The predicted molar refractivity (Wildman–Crippen MR) is 85.3 cm³/mol. The molecule has 0 saturated heterocycles. The van der Waals surface area contributed by atoms with Gasteiger partial charge in [0.2, 0.25) is 0 Å². The SMILES string of the molecule is Cc1nc2cc(NCCc3nccs3)c([N+](=O)[O-])cc2s1. The Bertz CT molecular complexity index is 783. The van der Waals surface area contributed by atoms with Gasteiger partial charge in [-0.1, -0.05) is 0 Å². The molecule has 0 aliphatic carbocycles. The Hall–Kier alpha value is -2.06. The summed E-state index contributed by atoms with van der Waals surface area (Å²) >= 11 is 3.04. The maximum Gasteiger partial charge on any atom is 0.293 e. The van der Waals surface area contributed by atoms with Crippen molar-refractivity contribution >= 4 is 44.3 Å². The first-order valence-corrected chi connectivity index (χ1v) is 8.01. The highest BCUT2D eigenvalue weighted by Crippen LogP contribution is 2.32. The van der Waals surface area contributed by atoms with E-state index in [0.717, 1.165) is 26.7 Å². The number of rotatable bonds is 5. The van der Waals surface area contributed by atoms with E-state index in [2.05, 4.69) is 15.3 Å². The van der Waals surface area contributed by atoms with Gasteiger partial charge in [0, 0.05) is 30.6 Å². The van der Waals surface area contributed by atoms with Gasteiger partial charge in [0.1, 0.15) is 5.69 Å². The lowest BCUT2D eigenvalue weighted by Gasteiger charge is -2.06. The van der Waals surface area contributed by atoms with Crippen LogP contribution in [0, 0.1) is 17.0 Å². The van der Waals surface area contributed by atoms with Crippen molar-refractivity contribution in [3.8, 4) is 0 Å². The van der Waals surface area contributed by atoms with Gasteiger partial charge in [-0.2, -0.15) is 0 Å². The molecule has 2 heterocycles. The van der Waals surface area contributed by atoms with E-state index >= 15 is 0 Å². The fraction of sp³-hybridized carbons (Fsp3) is 0.231. The lowest BCUT2D eigenvalue weighted by molar-refractivity contribution is -0.383. The van der Waals surface area contributed by atoms with Crippen LogP contribution >= 0.6 is 22.7 Å². The van der Waals surface area contributed by atoms with E-state index in [9.17, 15) is 10.1 Å². The van der Waals surface area contributed by atoms with Crippen molar-refractivity contribution in [1.82, 2.24) is 9.97 Å². The molecule has 1 aromatic carbocycles. The van der Waals surface area contributed by atoms with Gasteiger partial charge >= 0.3 is 0 Å². The number of benzene rings is 1. The lowest BCUT2D eigenvalue weighted by Crippen LogP contribution is -2.06. The smallest absolute Gasteiger partial charge is 0.293 e. The van der Waals surface area contributed by atoms with Crippen LogP contribution in [0.5, 0.6) is 0 Å². The standard InChI is InChI=1S/C13H12N4O2S2/c1-8-16-10-6-9(11(17(18)19)7-12(10)21-8)14-3-2-13-15-4-5-20-13/h4-7,14H,2-3H2,1H3. The average molecular weight is 320 g/mol. The topological polar surface area (TPSA) is 81.0 Å². The molecule has 0 unspecified atom stereocenters. The van der Waals surface area contributed by atoms with Gasteiger partial charge < -0.3 is 5.32 Å². The summed E-state index contributed by atoms with van der Waals surface area (Å²) in [5.74, 6) is 0. The third-order valence-corrected chi connectivity index (χ3v) is 4.72.